The predicted molar refractivity (Wildman–Crippen MR) is 402 cm³/mol. The van der Waals surface area contributed by atoms with Gasteiger partial charge in [0.15, 0.2) is 0 Å². The van der Waals surface area contributed by atoms with Gasteiger partial charge in [0.1, 0.15) is 22.3 Å². The van der Waals surface area contributed by atoms with Crippen molar-refractivity contribution in [2.75, 3.05) is 0 Å². The fourth-order valence-electron chi connectivity index (χ4n) is 15.0. The van der Waals surface area contributed by atoms with E-state index in [0.717, 1.165) is 76.9 Å². The van der Waals surface area contributed by atoms with Gasteiger partial charge in [0.05, 0.1) is 0 Å². The summed E-state index contributed by atoms with van der Waals surface area (Å²) in [5.41, 5.74) is 13.2. The summed E-state index contributed by atoms with van der Waals surface area (Å²) in [6, 6.07) is 78.9. The normalized spacial score (nSPS) is 12.3. The summed E-state index contributed by atoms with van der Waals surface area (Å²) in [5.74, 6) is 0. The van der Waals surface area contributed by atoms with Crippen molar-refractivity contribution in [1.82, 2.24) is 19.9 Å². The number of fused-ring (bicyclic) bond motifs is 26. The lowest BCUT2D eigenvalue weighted by Crippen LogP contribution is -1.86. The fraction of sp³-hybridized carbons (Fsp3) is 0. The van der Waals surface area contributed by atoms with Crippen LogP contribution >= 0.6 is 45.3 Å². The van der Waals surface area contributed by atoms with E-state index in [1.165, 1.54) is 135 Å². The maximum absolute atomic E-state index is 6.17. The summed E-state index contributed by atoms with van der Waals surface area (Å²) in [4.78, 5) is 18.4. The molecule has 10 aromatic heterocycles. The molecule has 0 aliphatic carbocycles. The first kappa shape index (κ1) is 52.4. The van der Waals surface area contributed by atoms with E-state index in [2.05, 4.69) is 226 Å². The Hall–Kier alpha value is -11.2. The Balaban J connectivity index is 0.000000126. The van der Waals surface area contributed by atoms with Crippen molar-refractivity contribution in [3.05, 3.63) is 268 Å². The Morgan fingerprint density at radius 1 is 0.202 bits per heavy atom. The van der Waals surface area contributed by atoms with Crippen molar-refractivity contribution in [1.29, 1.82) is 0 Å². The lowest BCUT2D eigenvalue weighted by molar-refractivity contribution is 0.668. The van der Waals surface area contributed by atoms with Crippen molar-refractivity contribution >= 4 is 213 Å². The topological polar surface area (TPSA) is 77.8 Å². The molecule has 0 amide bonds. The molecule has 94 heavy (non-hydrogen) atoms. The number of hydrogen-bond donors (Lipinski definition) is 0. The van der Waals surface area contributed by atoms with Crippen LogP contribution in [-0.4, -0.2) is 19.9 Å². The Labute approximate surface area is 550 Å². The van der Waals surface area contributed by atoms with Crippen molar-refractivity contribution in [2.45, 2.75) is 0 Å². The van der Waals surface area contributed by atoms with Crippen LogP contribution in [0, 0.1) is 0 Å². The lowest BCUT2D eigenvalue weighted by atomic mass is 9.93. The molecule has 0 fully saturated rings. The predicted octanol–water partition coefficient (Wildman–Crippen LogP) is 25.5. The van der Waals surface area contributed by atoms with E-state index in [1.807, 2.05) is 107 Å². The van der Waals surface area contributed by atoms with Crippen LogP contribution in [0.1, 0.15) is 0 Å². The minimum Gasteiger partial charge on any atom is -0.456 e. The van der Waals surface area contributed by atoms with Gasteiger partial charge in [-0.1, -0.05) is 121 Å². The molecule has 0 unspecified atom stereocenters. The summed E-state index contributed by atoms with van der Waals surface area (Å²) >= 11 is 7.51. The molecule has 22 aromatic rings. The van der Waals surface area contributed by atoms with E-state index in [1.54, 1.807) is 0 Å². The quantitative estimate of drug-likeness (QED) is 0.175. The standard InChI is InChI=1S/C42H22N2O2S.C42H22N2S3/c1-3-7-37-25(5-1)31-17-23(9-11-39(31)45-37)29-19-33-34-20-30(24-10-12-40-32(18-24)26-6-2-4-8-38(26)46-40)36-22-44-16-14-28(36)42(34)47-41(33)27-13-15-43-21-35(27)29;1-3-13-37-23(7-1)25-9-5-11-27(39(25)45-37)31-19-33-34-20-32(28-12-6-10-26-24-8-2-4-14-38(24)46-40(26)28)36-22-44-18-16-30(36)42(34)47-41(33)29-15-17-43-21-35(29)31/h2*1-22H. The second kappa shape index (κ2) is 20.1. The van der Waals surface area contributed by atoms with Gasteiger partial charge >= 0.3 is 0 Å². The molecule has 0 spiro atoms. The second-order valence-corrected chi connectivity index (χ2v) is 28.4. The number of para-hydroxylation sites is 2. The Bertz CT molecular complexity index is 6610. The highest BCUT2D eigenvalue weighted by Crippen LogP contribution is 2.52. The molecule has 0 aliphatic rings. The van der Waals surface area contributed by atoms with Gasteiger partial charge in [-0.05, 0) is 130 Å². The van der Waals surface area contributed by atoms with Crippen molar-refractivity contribution in [3.63, 3.8) is 0 Å². The third-order valence-electron chi connectivity index (χ3n) is 19.3. The molecule has 0 bridgehead atoms. The molecule has 12 aromatic carbocycles. The van der Waals surface area contributed by atoms with Crippen LogP contribution in [0.5, 0.6) is 0 Å². The van der Waals surface area contributed by atoms with Crippen LogP contribution in [-0.2, 0) is 0 Å². The maximum Gasteiger partial charge on any atom is 0.135 e. The number of nitrogens with zero attached hydrogens (tertiary/aromatic N) is 4. The smallest absolute Gasteiger partial charge is 0.135 e. The van der Waals surface area contributed by atoms with E-state index in [4.69, 9.17) is 8.83 Å². The zero-order valence-electron chi connectivity index (χ0n) is 49.6. The Morgan fingerprint density at radius 2 is 0.532 bits per heavy atom. The zero-order chi connectivity index (χ0) is 61.3. The molecule has 0 radical (unpaired) electrons. The van der Waals surface area contributed by atoms with Gasteiger partial charge in [-0.15, -0.1) is 45.3 Å². The molecule has 436 valence electrons. The highest BCUT2D eigenvalue weighted by Gasteiger charge is 2.23. The molecule has 0 atom stereocenters. The molecule has 6 nitrogen and oxygen atoms in total. The van der Waals surface area contributed by atoms with Gasteiger partial charge in [-0.2, -0.15) is 0 Å². The molecule has 22 rings (SSSR count). The van der Waals surface area contributed by atoms with Gasteiger partial charge < -0.3 is 8.83 Å². The van der Waals surface area contributed by atoms with E-state index in [0.29, 0.717) is 0 Å². The Morgan fingerprint density at radius 3 is 0.947 bits per heavy atom. The number of thiophene rings is 4. The average molecular weight is 1270 g/mol. The summed E-state index contributed by atoms with van der Waals surface area (Å²) in [6.07, 6.45) is 15.8. The lowest BCUT2D eigenvalue weighted by Gasteiger charge is -2.11. The number of hydrogen-bond acceptors (Lipinski definition) is 10. The first-order valence-electron chi connectivity index (χ1n) is 31.2. The molecule has 0 N–H and O–H groups in total. The van der Waals surface area contributed by atoms with Crippen molar-refractivity contribution in [2.24, 2.45) is 0 Å². The number of rotatable bonds is 4. The van der Waals surface area contributed by atoms with Crippen LogP contribution in [0.15, 0.2) is 277 Å². The van der Waals surface area contributed by atoms with E-state index < -0.39 is 0 Å². The van der Waals surface area contributed by atoms with Crippen LogP contribution in [0.25, 0.3) is 212 Å². The molecule has 0 saturated carbocycles. The minimum atomic E-state index is 0.895. The number of pyridine rings is 4. The summed E-state index contributed by atoms with van der Waals surface area (Å²) in [5, 5.41) is 24.4. The molecular weight excluding hydrogens is 1230 g/mol. The molecule has 10 heterocycles. The summed E-state index contributed by atoms with van der Waals surface area (Å²) < 4.78 is 22.8. The fourth-order valence-corrected chi connectivity index (χ4v) is 20.2. The van der Waals surface area contributed by atoms with E-state index in [-0.39, 0.29) is 0 Å². The van der Waals surface area contributed by atoms with Crippen molar-refractivity contribution in [3.8, 4) is 44.5 Å². The first-order valence-corrected chi connectivity index (χ1v) is 34.5. The molecule has 0 saturated heterocycles. The summed E-state index contributed by atoms with van der Waals surface area (Å²) in [7, 11) is 0. The zero-order valence-corrected chi connectivity index (χ0v) is 52.9. The number of furan rings is 2. The SMILES string of the molecule is c1ccc2c(c1)oc1ccc(-c3cc4c5cc(-c6ccc7oc8ccccc8c7c6)c6cnccc6c5sc4c4ccncc34)cc12.c1ccc2c(c1)sc1c(-c3cc4c5cc(-c6cccc7c6sc6ccccc67)c6cnccc6c5sc4c4ccncc34)cccc12. The van der Waals surface area contributed by atoms with Gasteiger partial charge in [0.2, 0.25) is 0 Å². The third-order valence-corrected chi connectivity index (χ3v) is 24.3. The highest BCUT2D eigenvalue weighted by molar-refractivity contribution is 7.28. The number of benzene rings is 12. The van der Waals surface area contributed by atoms with E-state index >= 15 is 0 Å². The largest absolute Gasteiger partial charge is 0.456 e. The average Bonchev–Trinajstić information content (AvgIpc) is 1.53. The van der Waals surface area contributed by atoms with Gasteiger partial charge in [0, 0.05) is 206 Å². The molecule has 0 aliphatic heterocycles. The van der Waals surface area contributed by atoms with Gasteiger partial charge in [0.25, 0.3) is 0 Å². The van der Waals surface area contributed by atoms with Crippen molar-refractivity contribution < 1.29 is 8.83 Å². The maximum atomic E-state index is 6.17. The minimum absolute atomic E-state index is 0.895. The number of aromatic nitrogens is 4. The van der Waals surface area contributed by atoms with Crippen LogP contribution < -0.4 is 0 Å². The molecular formula is C84H44N4O2S4. The Kier molecular flexibility index (Phi) is 11.2. The highest BCUT2D eigenvalue weighted by atomic mass is 32.1. The summed E-state index contributed by atoms with van der Waals surface area (Å²) in [6.45, 7) is 0. The second-order valence-electron chi connectivity index (χ2n) is 24.3. The van der Waals surface area contributed by atoms with Crippen LogP contribution in [0.2, 0.25) is 0 Å². The van der Waals surface area contributed by atoms with E-state index in [9.17, 15) is 0 Å². The first-order chi connectivity index (χ1) is 46.6. The van der Waals surface area contributed by atoms with Crippen LogP contribution in [0.4, 0.5) is 0 Å². The van der Waals surface area contributed by atoms with Crippen LogP contribution in [0.3, 0.4) is 0 Å². The van der Waals surface area contributed by atoms with Gasteiger partial charge in [-0.3, -0.25) is 19.9 Å². The third kappa shape index (κ3) is 7.67. The van der Waals surface area contributed by atoms with Gasteiger partial charge in [-0.25, -0.2) is 0 Å². The molecule has 10 heteroatoms. The monoisotopic (exact) mass is 1270 g/mol.